The first kappa shape index (κ1) is 24.2. The molecule has 0 bridgehead atoms. The van der Waals surface area contributed by atoms with Crippen LogP contribution in [0.4, 0.5) is 4.39 Å². The number of hydrogen-bond acceptors (Lipinski definition) is 3. The first-order valence-corrected chi connectivity index (χ1v) is 11.8. The predicted molar refractivity (Wildman–Crippen MR) is 136 cm³/mol. The Morgan fingerprint density at radius 2 is 1.63 bits per heavy atom. The highest BCUT2D eigenvalue weighted by Crippen LogP contribution is 2.35. The number of rotatable bonds is 7. The number of carbonyl (C=O) groups is 1. The molecule has 1 aromatic heterocycles. The molecule has 180 valence electrons. The van der Waals surface area contributed by atoms with Crippen LogP contribution in [0.3, 0.4) is 0 Å². The highest BCUT2D eigenvalue weighted by molar-refractivity contribution is 5.94. The van der Waals surface area contributed by atoms with Gasteiger partial charge in [0.05, 0.1) is 5.69 Å². The molecule has 6 heteroatoms. The molecule has 35 heavy (non-hydrogen) atoms. The van der Waals surface area contributed by atoms with E-state index in [9.17, 15) is 14.3 Å². The SMILES string of the molecule is CCN(CC)C(=O)c1ccc(C(c2cccc(O)c2)n2nc(C)c(-c3ccc(F)cc3)c2C)cc1. The van der Waals surface area contributed by atoms with Crippen molar-refractivity contribution in [2.75, 3.05) is 13.1 Å². The van der Waals surface area contributed by atoms with E-state index >= 15 is 0 Å². The lowest BCUT2D eigenvalue weighted by molar-refractivity contribution is 0.0773. The fourth-order valence-corrected chi connectivity index (χ4v) is 4.62. The highest BCUT2D eigenvalue weighted by Gasteiger charge is 2.24. The zero-order chi connectivity index (χ0) is 25.1. The number of aromatic nitrogens is 2. The van der Waals surface area contributed by atoms with Crippen molar-refractivity contribution in [1.29, 1.82) is 0 Å². The summed E-state index contributed by atoms with van der Waals surface area (Å²) in [5.74, 6) is -0.116. The Hall–Kier alpha value is -3.93. The molecule has 0 aliphatic rings. The van der Waals surface area contributed by atoms with Crippen LogP contribution < -0.4 is 0 Å². The maximum absolute atomic E-state index is 13.5. The van der Waals surface area contributed by atoms with Gasteiger partial charge in [-0.1, -0.05) is 36.4 Å². The number of aromatic hydroxyl groups is 1. The van der Waals surface area contributed by atoms with Crippen LogP contribution in [0.5, 0.6) is 5.75 Å². The summed E-state index contributed by atoms with van der Waals surface area (Å²) in [4.78, 5) is 14.6. The second-order valence-electron chi connectivity index (χ2n) is 8.59. The van der Waals surface area contributed by atoms with E-state index in [4.69, 9.17) is 5.10 Å². The number of phenolic OH excluding ortho intramolecular Hbond substituents is 1. The molecule has 0 saturated carbocycles. The number of amides is 1. The molecule has 0 aliphatic carbocycles. The second-order valence-corrected chi connectivity index (χ2v) is 8.59. The first-order valence-electron chi connectivity index (χ1n) is 11.8. The van der Waals surface area contributed by atoms with E-state index in [-0.39, 0.29) is 23.5 Å². The summed E-state index contributed by atoms with van der Waals surface area (Å²) in [6.07, 6.45) is 0. The van der Waals surface area contributed by atoms with Crippen LogP contribution >= 0.6 is 0 Å². The van der Waals surface area contributed by atoms with Crippen molar-refractivity contribution in [2.45, 2.75) is 33.7 Å². The third-order valence-corrected chi connectivity index (χ3v) is 6.41. The summed E-state index contributed by atoms with van der Waals surface area (Å²) in [5, 5.41) is 15.1. The van der Waals surface area contributed by atoms with Gasteiger partial charge in [0.1, 0.15) is 17.6 Å². The molecule has 0 spiro atoms. The number of hydrogen-bond donors (Lipinski definition) is 1. The molecule has 4 rings (SSSR count). The highest BCUT2D eigenvalue weighted by atomic mass is 19.1. The largest absolute Gasteiger partial charge is 0.508 e. The van der Waals surface area contributed by atoms with Crippen molar-refractivity contribution in [2.24, 2.45) is 0 Å². The van der Waals surface area contributed by atoms with Crippen LogP contribution in [0.15, 0.2) is 72.8 Å². The Labute approximate surface area is 205 Å². The lowest BCUT2D eigenvalue weighted by atomic mass is 9.96. The first-order chi connectivity index (χ1) is 16.8. The maximum Gasteiger partial charge on any atom is 0.253 e. The molecule has 1 atom stereocenters. The number of carbonyl (C=O) groups excluding carboxylic acids is 1. The Balaban J connectivity index is 1.82. The number of nitrogens with zero attached hydrogens (tertiary/aromatic N) is 3. The summed E-state index contributed by atoms with van der Waals surface area (Å²) in [6, 6.07) is 20.8. The summed E-state index contributed by atoms with van der Waals surface area (Å²) in [6.45, 7) is 9.17. The zero-order valence-corrected chi connectivity index (χ0v) is 20.5. The van der Waals surface area contributed by atoms with Gasteiger partial charge in [-0.3, -0.25) is 9.48 Å². The van der Waals surface area contributed by atoms with E-state index in [1.54, 1.807) is 29.2 Å². The zero-order valence-electron chi connectivity index (χ0n) is 20.5. The van der Waals surface area contributed by atoms with E-state index in [0.717, 1.165) is 33.6 Å². The van der Waals surface area contributed by atoms with E-state index < -0.39 is 0 Å². The van der Waals surface area contributed by atoms with Crippen molar-refractivity contribution in [3.8, 4) is 16.9 Å². The number of halogens is 1. The molecule has 0 radical (unpaired) electrons. The Bertz CT molecular complexity index is 1320. The van der Waals surface area contributed by atoms with Gasteiger partial charge in [-0.15, -0.1) is 0 Å². The number of phenols is 1. The Kier molecular flexibility index (Phi) is 7.01. The van der Waals surface area contributed by atoms with Gasteiger partial charge in [0.2, 0.25) is 0 Å². The monoisotopic (exact) mass is 471 g/mol. The minimum absolute atomic E-state index is 0.000154. The standard InChI is InChI=1S/C29H30FN3O2/c1-5-32(6-2)29(35)23-12-10-22(11-13-23)28(24-8-7-9-26(34)18-24)33-20(4)27(19(3)31-33)21-14-16-25(30)17-15-21/h7-18,28,34H,5-6H2,1-4H3. The van der Waals surface area contributed by atoms with Gasteiger partial charge in [0, 0.05) is 29.9 Å². The molecular weight excluding hydrogens is 441 g/mol. The third kappa shape index (κ3) is 4.83. The quantitative estimate of drug-likeness (QED) is 0.353. The van der Waals surface area contributed by atoms with Gasteiger partial charge >= 0.3 is 0 Å². The third-order valence-electron chi connectivity index (χ3n) is 6.41. The van der Waals surface area contributed by atoms with Gasteiger partial charge < -0.3 is 10.0 Å². The van der Waals surface area contributed by atoms with E-state index in [1.807, 2.05) is 68.8 Å². The van der Waals surface area contributed by atoms with Crippen molar-refractivity contribution in [3.63, 3.8) is 0 Å². The van der Waals surface area contributed by atoms with Gasteiger partial charge in [-0.05, 0) is 80.8 Å². The average Bonchev–Trinajstić information content (AvgIpc) is 3.14. The van der Waals surface area contributed by atoms with Crippen LogP contribution in [-0.2, 0) is 0 Å². The molecule has 1 N–H and O–H groups in total. The summed E-state index contributed by atoms with van der Waals surface area (Å²) >= 11 is 0. The van der Waals surface area contributed by atoms with Gasteiger partial charge in [0.15, 0.2) is 0 Å². The lowest BCUT2D eigenvalue weighted by Crippen LogP contribution is -2.30. The molecule has 1 heterocycles. The van der Waals surface area contributed by atoms with Crippen molar-refractivity contribution in [3.05, 3.63) is 107 Å². The van der Waals surface area contributed by atoms with Crippen LogP contribution in [0.1, 0.15) is 52.8 Å². The minimum Gasteiger partial charge on any atom is -0.508 e. The van der Waals surface area contributed by atoms with Crippen LogP contribution in [0.2, 0.25) is 0 Å². The normalized spacial score (nSPS) is 11.9. The number of benzene rings is 3. The fourth-order valence-electron chi connectivity index (χ4n) is 4.62. The molecule has 0 aliphatic heterocycles. The van der Waals surface area contributed by atoms with Gasteiger partial charge in [-0.2, -0.15) is 5.10 Å². The molecule has 5 nitrogen and oxygen atoms in total. The maximum atomic E-state index is 13.5. The second kappa shape index (κ2) is 10.1. The van der Waals surface area contributed by atoms with E-state index in [2.05, 4.69) is 0 Å². The molecule has 1 amide bonds. The summed E-state index contributed by atoms with van der Waals surface area (Å²) in [5.41, 5.74) is 6.02. The van der Waals surface area contributed by atoms with Crippen LogP contribution in [0.25, 0.3) is 11.1 Å². The van der Waals surface area contributed by atoms with E-state index in [1.165, 1.54) is 12.1 Å². The van der Waals surface area contributed by atoms with E-state index in [0.29, 0.717) is 18.7 Å². The molecule has 0 saturated heterocycles. The molecule has 1 unspecified atom stereocenters. The summed E-state index contributed by atoms with van der Waals surface area (Å²) < 4.78 is 15.5. The fraction of sp³-hybridized carbons (Fsp3) is 0.241. The van der Waals surface area contributed by atoms with Crippen molar-refractivity contribution < 1.29 is 14.3 Å². The minimum atomic E-state index is -0.326. The molecule has 4 aromatic rings. The Morgan fingerprint density at radius 3 is 2.23 bits per heavy atom. The predicted octanol–water partition coefficient (Wildman–Crippen LogP) is 6.13. The Morgan fingerprint density at radius 1 is 0.971 bits per heavy atom. The van der Waals surface area contributed by atoms with Crippen LogP contribution in [-0.4, -0.2) is 38.8 Å². The molecule has 3 aromatic carbocycles. The van der Waals surface area contributed by atoms with Crippen molar-refractivity contribution >= 4 is 5.91 Å². The van der Waals surface area contributed by atoms with Crippen LogP contribution in [0, 0.1) is 19.7 Å². The average molecular weight is 472 g/mol. The topological polar surface area (TPSA) is 58.4 Å². The lowest BCUT2D eigenvalue weighted by Gasteiger charge is -2.22. The van der Waals surface area contributed by atoms with Gasteiger partial charge in [-0.25, -0.2) is 4.39 Å². The summed E-state index contributed by atoms with van der Waals surface area (Å²) in [7, 11) is 0. The smallest absolute Gasteiger partial charge is 0.253 e. The molecular formula is C29H30FN3O2. The molecule has 0 fully saturated rings. The number of aryl methyl sites for hydroxylation is 1. The van der Waals surface area contributed by atoms with Gasteiger partial charge in [0.25, 0.3) is 5.91 Å². The van der Waals surface area contributed by atoms with Crippen molar-refractivity contribution in [1.82, 2.24) is 14.7 Å².